The second kappa shape index (κ2) is 8.78. The molecular weight excluding hydrogens is 314 g/mol. The number of nitrogens with zero attached hydrogens (tertiary/aromatic N) is 1. The first kappa shape index (κ1) is 18.4. The van der Waals surface area contributed by atoms with Crippen LogP contribution in [0.5, 0.6) is 0 Å². The van der Waals surface area contributed by atoms with E-state index in [1.807, 2.05) is 12.1 Å². The number of sulfone groups is 1. The van der Waals surface area contributed by atoms with Crippen molar-refractivity contribution in [1.82, 2.24) is 4.90 Å². The van der Waals surface area contributed by atoms with Crippen molar-refractivity contribution in [1.29, 1.82) is 0 Å². The van der Waals surface area contributed by atoms with Gasteiger partial charge in [0.15, 0.2) is 6.61 Å². The molecule has 1 fully saturated rings. The van der Waals surface area contributed by atoms with Gasteiger partial charge in [0.1, 0.15) is 9.84 Å². The Balaban J connectivity index is 1.67. The number of hydrogen-bond donors (Lipinski definition) is 0. The molecule has 2 N–H and O–H groups in total. The van der Waals surface area contributed by atoms with E-state index in [4.69, 9.17) is 9.84 Å². The molecule has 0 aliphatic carbocycles. The average molecular weight is 342 g/mol. The van der Waals surface area contributed by atoms with E-state index in [9.17, 15) is 8.42 Å². The molecule has 0 aromatic heterocycles. The summed E-state index contributed by atoms with van der Waals surface area (Å²) in [5.74, 6) is 0.207. The lowest BCUT2D eigenvalue weighted by Crippen LogP contribution is -2.36. The zero-order valence-electron chi connectivity index (χ0n) is 13.8. The zero-order chi connectivity index (χ0) is 16.7. The van der Waals surface area contributed by atoms with E-state index < -0.39 is 9.84 Å². The van der Waals surface area contributed by atoms with Crippen LogP contribution in [0.4, 0.5) is 0 Å². The number of benzene rings is 1. The molecule has 1 aromatic rings. The topological polar surface area (TPSA) is 69.5 Å². The molecule has 0 amide bonds. The molecule has 130 valence electrons. The Morgan fingerprint density at radius 2 is 1.96 bits per heavy atom. The Morgan fingerprint density at radius 1 is 1.26 bits per heavy atom. The summed E-state index contributed by atoms with van der Waals surface area (Å²) >= 11 is 0. The van der Waals surface area contributed by atoms with Crippen molar-refractivity contribution in [2.45, 2.75) is 38.5 Å². The van der Waals surface area contributed by atoms with Gasteiger partial charge in [-0.15, -0.1) is 0 Å². The molecule has 0 atom stereocenters. The van der Waals surface area contributed by atoms with E-state index in [0.29, 0.717) is 19.6 Å². The standard InChI is InChI=1S/C17H27NO4S/c1-23(20,21)11-3-10-22-17-6-8-18(9-7-17)13-15-4-2-5-16(12-15)14-19/h2,4-5,12,17,19H,3,6-11,13-14H2,1H3/p+1. The van der Waals surface area contributed by atoms with Crippen molar-refractivity contribution in [3.8, 4) is 0 Å². The summed E-state index contributed by atoms with van der Waals surface area (Å²) < 4.78 is 27.9. The molecule has 2 rings (SSSR count). The quantitative estimate of drug-likeness (QED) is 0.528. The van der Waals surface area contributed by atoms with Crippen LogP contribution >= 0.6 is 0 Å². The minimum Gasteiger partial charge on any atom is -0.442 e. The maximum absolute atomic E-state index is 11.1. The van der Waals surface area contributed by atoms with Gasteiger partial charge in [-0.3, -0.25) is 4.90 Å². The van der Waals surface area contributed by atoms with E-state index >= 15 is 0 Å². The highest BCUT2D eigenvalue weighted by atomic mass is 32.2. The smallest absolute Gasteiger partial charge is 0.169 e. The predicted octanol–water partition coefficient (Wildman–Crippen LogP) is 1.33. The van der Waals surface area contributed by atoms with E-state index in [-0.39, 0.29) is 11.9 Å². The second-order valence-electron chi connectivity index (χ2n) is 6.33. The molecule has 0 unspecified atom stereocenters. The third-order valence-electron chi connectivity index (χ3n) is 4.15. The fourth-order valence-electron chi connectivity index (χ4n) is 2.90. The predicted molar refractivity (Wildman–Crippen MR) is 92.3 cm³/mol. The minimum atomic E-state index is -2.88. The first-order valence-electron chi connectivity index (χ1n) is 8.20. The van der Waals surface area contributed by atoms with Crippen LogP contribution in [-0.2, 0) is 27.7 Å². The molecule has 1 aliphatic heterocycles. The number of ether oxygens (including phenoxy) is 1. The van der Waals surface area contributed by atoms with Gasteiger partial charge in [0, 0.05) is 38.1 Å². The normalized spacial score (nSPS) is 17.5. The fourth-order valence-corrected chi connectivity index (χ4v) is 3.54. The molecule has 0 spiro atoms. The molecule has 5 nitrogen and oxygen atoms in total. The van der Waals surface area contributed by atoms with Gasteiger partial charge in [-0.2, -0.15) is 0 Å². The van der Waals surface area contributed by atoms with Crippen LogP contribution in [-0.4, -0.2) is 56.2 Å². The Labute approximate surface area is 139 Å². The summed E-state index contributed by atoms with van der Waals surface area (Å²) in [5.41, 5.74) is 2.33. The lowest BCUT2D eigenvalue weighted by molar-refractivity contribution is 0.00647. The van der Waals surface area contributed by atoms with E-state index in [1.54, 1.807) is 0 Å². The van der Waals surface area contributed by atoms with Crippen molar-refractivity contribution < 1.29 is 18.3 Å². The van der Waals surface area contributed by atoms with Crippen LogP contribution < -0.4 is 0 Å². The largest absolute Gasteiger partial charge is 0.442 e. The van der Waals surface area contributed by atoms with Gasteiger partial charge in [0.2, 0.25) is 0 Å². The second-order valence-corrected chi connectivity index (χ2v) is 8.59. The Morgan fingerprint density at radius 3 is 2.61 bits per heavy atom. The van der Waals surface area contributed by atoms with E-state index in [1.165, 1.54) is 11.8 Å². The number of piperidine rings is 1. The van der Waals surface area contributed by atoms with E-state index in [0.717, 1.165) is 38.0 Å². The van der Waals surface area contributed by atoms with Crippen LogP contribution in [0.25, 0.3) is 0 Å². The lowest BCUT2D eigenvalue weighted by Gasteiger charge is -2.32. The van der Waals surface area contributed by atoms with Gasteiger partial charge in [-0.25, -0.2) is 8.42 Å². The molecule has 1 aliphatic rings. The lowest BCUT2D eigenvalue weighted by atomic mass is 10.1. The zero-order valence-corrected chi connectivity index (χ0v) is 14.6. The van der Waals surface area contributed by atoms with Crippen LogP contribution in [0.2, 0.25) is 0 Å². The van der Waals surface area contributed by atoms with Gasteiger partial charge < -0.3 is 9.84 Å². The van der Waals surface area contributed by atoms with Crippen molar-refractivity contribution in [2.24, 2.45) is 0 Å². The third kappa shape index (κ3) is 6.99. The first-order chi connectivity index (χ1) is 11.0. The minimum absolute atomic E-state index is 0.207. The molecule has 1 aromatic carbocycles. The van der Waals surface area contributed by atoms with Gasteiger partial charge in [0.25, 0.3) is 0 Å². The maximum Gasteiger partial charge on any atom is 0.169 e. The summed E-state index contributed by atoms with van der Waals surface area (Å²) in [6.45, 7) is 3.79. The van der Waals surface area contributed by atoms with Gasteiger partial charge in [0.05, 0.1) is 11.9 Å². The summed E-state index contributed by atoms with van der Waals surface area (Å²) in [7, 11) is -2.88. The summed E-state index contributed by atoms with van der Waals surface area (Å²) in [6, 6.07) is 8.25. The van der Waals surface area contributed by atoms with Gasteiger partial charge in [-0.05, 0) is 30.9 Å². The van der Waals surface area contributed by atoms with Crippen LogP contribution in [0.1, 0.15) is 30.4 Å². The Bertz CT molecular complexity index is 580. The molecule has 6 heteroatoms. The molecular formula is C17H28NO4S+. The molecule has 0 radical (unpaired) electrons. The molecule has 1 saturated heterocycles. The number of rotatable bonds is 8. The van der Waals surface area contributed by atoms with Crippen LogP contribution in [0.15, 0.2) is 24.3 Å². The molecule has 0 bridgehead atoms. The highest BCUT2D eigenvalue weighted by Crippen LogP contribution is 2.17. The van der Waals surface area contributed by atoms with Crippen molar-refractivity contribution in [3.05, 3.63) is 35.4 Å². The third-order valence-corrected chi connectivity index (χ3v) is 5.18. The van der Waals surface area contributed by atoms with Crippen molar-refractivity contribution >= 4 is 9.84 Å². The SMILES string of the molecule is CS(=O)(=O)CCCOC1CCN(Cc2cccc(C[OH2+])c2)CC1. The van der Waals surface area contributed by atoms with Crippen molar-refractivity contribution in [3.63, 3.8) is 0 Å². The number of likely N-dealkylation sites (tertiary alicyclic amines) is 1. The highest BCUT2D eigenvalue weighted by molar-refractivity contribution is 7.90. The van der Waals surface area contributed by atoms with E-state index in [2.05, 4.69) is 17.0 Å². The highest BCUT2D eigenvalue weighted by Gasteiger charge is 2.19. The number of hydrogen-bond acceptors (Lipinski definition) is 4. The monoisotopic (exact) mass is 342 g/mol. The summed E-state index contributed by atoms with van der Waals surface area (Å²) in [6.07, 6.45) is 4.10. The fraction of sp³-hybridized carbons (Fsp3) is 0.647. The van der Waals surface area contributed by atoms with Crippen LogP contribution in [0.3, 0.4) is 0 Å². The van der Waals surface area contributed by atoms with Crippen molar-refractivity contribution in [2.75, 3.05) is 31.7 Å². The maximum atomic E-state index is 11.1. The molecule has 1 heterocycles. The van der Waals surface area contributed by atoms with Crippen LogP contribution in [0, 0.1) is 0 Å². The Hall–Kier alpha value is -0.950. The average Bonchev–Trinajstić information content (AvgIpc) is 2.52. The van der Waals surface area contributed by atoms with Gasteiger partial charge in [-0.1, -0.05) is 18.2 Å². The molecule has 23 heavy (non-hydrogen) atoms. The summed E-state index contributed by atoms with van der Waals surface area (Å²) in [4.78, 5) is 2.42. The Kier molecular flexibility index (Phi) is 7.02. The van der Waals surface area contributed by atoms with Gasteiger partial charge >= 0.3 is 0 Å². The molecule has 0 saturated carbocycles. The summed E-state index contributed by atoms with van der Waals surface area (Å²) in [5, 5.41) is 7.44. The first-order valence-corrected chi connectivity index (χ1v) is 10.3.